The summed E-state index contributed by atoms with van der Waals surface area (Å²) < 4.78 is 5.09. The summed E-state index contributed by atoms with van der Waals surface area (Å²) in [5, 5.41) is 9.22. The molecule has 1 heterocycles. The minimum Gasteiger partial charge on any atom is -0.380 e. The maximum atomic E-state index is 11.5. The maximum Gasteiger partial charge on any atom is 0.254 e. The van der Waals surface area contributed by atoms with Crippen molar-refractivity contribution in [3.8, 4) is 0 Å². The smallest absolute Gasteiger partial charge is 0.254 e. The topological polar surface area (TPSA) is 67.0 Å². The average molecular weight is 197 g/mol. The molecule has 5 nitrogen and oxygen atoms in total. The number of aryl methyl sites for hydroxylation is 1. The van der Waals surface area contributed by atoms with Crippen LogP contribution in [0.4, 0.5) is 0 Å². The number of carbonyl (C=O) groups excluding carboxylic acids is 1. The van der Waals surface area contributed by atoms with Gasteiger partial charge in [0.1, 0.15) is 0 Å². The fourth-order valence-corrected chi connectivity index (χ4v) is 1.06. The lowest BCUT2D eigenvalue weighted by Gasteiger charge is -2.03. The van der Waals surface area contributed by atoms with Gasteiger partial charge >= 0.3 is 0 Å². The summed E-state index contributed by atoms with van der Waals surface area (Å²) in [6, 6.07) is 0. The first-order valence-electron chi connectivity index (χ1n) is 4.61. The lowest BCUT2D eigenvalue weighted by Crippen LogP contribution is -2.27. The molecule has 0 spiro atoms. The Morgan fingerprint density at radius 1 is 1.71 bits per heavy atom. The molecule has 14 heavy (non-hydrogen) atoms. The van der Waals surface area contributed by atoms with E-state index in [1.54, 1.807) is 0 Å². The van der Waals surface area contributed by atoms with Crippen molar-refractivity contribution in [1.29, 1.82) is 0 Å². The molecule has 0 aliphatic heterocycles. The van der Waals surface area contributed by atoms with E-state index in [-0.39, 0.29) is 5.91 Å². The van der Waals surface area contributed by atoms with Crippen LogP contribution in [0, 0.1) is 6.92 Å². The van der Waals surface area contributed by atoms with Crippen molar-refractivity contribution < 1.29 is 9.53 Å². The SMILES string of the molecule is CCOCCNC(=O)c1cn[nH]c1C. The van der Waals surface area contributed by atoms with Gasteiger partial charge < -0.3 is 10.1 Å². The van der Waals surface area contributed by atoms with Crippen LogP contribution in [-0.2, 0) is 4.74 Å². The number of H-pyrrole nitrogens is 1. The van der Waals surface area contributed by atoms with Crippen LogP contribution in [0.2, 0.25) is 0 Å². The first kappa shape index (κ1) is 10.7. The average Bonchev–Trinajstić information content (AvgIpc) is 2.59. The van der Waals surface area contributed by atoms with Crippen molar-refractivity contribution in [2.45, 2.75) is 13.8 Å². The molecule has 0 atom stereocenters. The van der Waals surface area contributed by atoms with Crippen LogP contribution in [0.3, 0.4) is 0 Å². The lowest BCUT2D eigenvalue weighted by atomic mass is 10.2. The molecular weight excluding hydrogens is 182 g/mol. The van der Waals surface area contributed by atoms with Crippen LogP contribution in [-0.4, -0.2) is 35.9 Å². The van der Waals surface area contributed by atoms with Crippen LogP contribution in [0.1, 0.15) is 23.0 Å². The summed E-state index contributed by atoms with van der Waals surface area (Å²) in [6.07, 6.45) is 1.52. The molecule has 0 radical (unpaired) electrons. The maximum absolute atomic E-state index is 11.5. The van der Waals surface area contributed by atoms with Gasteiger partial charge in [0.2, 0.25) is 0 Å². The Hall–Kier alpha value is -1.36. The minimum absolute atomic E-state index is 0.115. The predicted octanol–water partition coefficient (Wildman–Crippen LogP) is 0.484. The van der Waals surface area contributed by atoms with Gasteiger partial charge in [0.15, 0.2) is 0 Å². The van der Waals surface area contributed by atoms with Crippen molar-refractivity contribution in [1.82, 2.24) is 15.5 Å². The summed E-state index contributed by atoms with van der Waals surface area (Å²) in [5.74, 6) is -0.115. The van der Waals surface area contributed by atoms with E-state index in [2.05, 4.69) is 15.5 Å². The third kappa shape index (κ3) is 2.85. The van der Waals surface area contributed by atoms with Crippen LogP contribution in [0.5, 0.6) is 0 Å². The van der Waals surface area contributed by atoms with Crippen LogP contribution >= 0.6 is 0 Å². The molecular formula is C9H15N3O2. The summed E-state index contributed by atoms with van der Waals surface area (Å²) >= 11 is 0. The second kappa shape index (κ2) is 5.39. The van der Waals surface area contributed by atoms with E-state index < -0.39 is 0 Å². The molecule has 0 aliphatic rings. The molecule has 5 heteroatoms. The quantitative estimate of drug-likeness (QED) is 0.675. The highest BCUT2D eigenvalue weighted by Gasteiger charge is 2.09. The predicted molar refractivity (Wildman–Crippen MR) is 52.2 cm³/mol. The van der Waals surface area contributed by atoms with Crippen molar-refractivity contribution in [3.05, 3.63) is 17.5 Å². The Bertz CT molecular complexity index is 296. The third-order valence-corrected chi connectivity index (χ3v) is 1.81. The van der Waals surface area contributed by atoms with Gasteiger partial charge in [0, 0.05) is 18.8 Å². The van der Waals surface area contributed by atoms with Crippen molar-refractivity contribution in [2.24, 2.45) is 0 Å². The normalized spacial score (nSPS) is 10.1. The fraction of sp³-hybridized carbons (Fsp3) is 0.556. The number of hydrogen-bond donors (Lipinski definition) is 2. The van der Waals surface area contributed by atoms with Gasteiger partial charge in [0.05, 0.1) is 18.4 Å². The summed E-state index contributed by atoms with van der Waals surface area (Å²) in [6.45, 7) is 5.46. The van der Waals surface area contributed by atoms with Gasteiger partial charge in [-0.15, -0.1) is 0 Å². The number of carbonyl (C=O) groups is 1. The number of aromatic amines is 1. The minimum atomic E-state index is -0.115. The van der Waals surface area contributed by atoms with E-state index in [1.807, 2.05) is 13.8 Å². The van der Waals surface area contributed by atoms with E-state index in [1.165, 1.54) is 6.20 Å². The number of aromatic nitrogens is 2. The fourth-order valence-electron chi connectivity index (χ4n) is 1.06. The largest absolute Gasteiger partial charge is 0.380 e. The molecule has 1 aromatic rings. The summed E-state index contributed by atoms with van der Waals surface area (Å²) in [7, 11) is 0. The van der Waals surface area contributed by atoms with Gasteiger partial charge in [-0.2, -0.15) is 5.10 Å². The van der Waals surface area contributed by atoms with E-state index in [0.717, 1.165) is 5.69 Å². The molecule has 0 saturated heterocycles. The zero-order valence-electron chi connectivity index (χ0n) is 8.46. The van der Waals surface area contributed by atoms with Gasteiger partial charge in [-0.1, -0.05) is 0 Å². The van der Waals surface area contributed by atoms with Crippen molar-refractivity contribution >= 4 is 5.91 Å². The number of ether oxygens (including phenoxy) is 1. The Morgan fingerprint density at radius 3 is 3.07 bits per heavy atom. The Kier molecular flexibility index (Phi) is 4.12. The van der Waals surface area contributed by atoms with Gasteiger partial charge in [-0.05, 0) is 13.8 Å². The molecule has 1 aromatic heterocycles. The number of rotatable bonds is 5. The molecule has 1 rings (SSSR count). The highest BCUT2D eigenvalue weighted by Crippen LogP contribution is 2.01. The molecule has 78 valence electrons. The van der Waals surface area contributed by atoms with Crippen LogP contribution < -0.4 is 5.32 Å². The van der Waals surface area contributed by atoms with Crippen LogP contribution in [0.25, 0.3) is 0 Å². The van der Waals surface area contributed by atoms with Crippen molar-refractivity contribution in [3.63, 3.8) is 0 Å². The standard InChI is InChI=1S/C9H15N3O2/c1-3-14-5-4-10-9(13)8-6-11-12-7(8)2/h6H,3-5H2,1-2H3,(H,10,13)(H,11,12). The van der Waals surface area contributed by atoms with Crippen LogP contribution in [0.15, 0.2) is 6.20 Å². The molecule has 0 saturated carbocycles. The zero-order chi connectivity index (χ0) is 10.4. The van der Waals surface area contributed by atoms with Gasteiger partial charge in [-0.25, -0.2) is 0 Å². The molecule has 0 fully saturated rings. The first-order valence-corrected chi connectivity index (χ1v) is 4.61. The monoisotopic (exact) mass is 197 g/mol. The highest BCUT2D eigenvalue weighted by atomic mass is 16.5. The lowest BCUT2D eigenvalue weighted by molar-refractivity contribution is 0.0922. The summed E-state index contributed by atoms with van der Waals surface area (Å²) in [5.41, 5.74) is 1.36. The molecule has 0 aromatic carbocycles. The molecule has 0 unspecified atom stereocenters. The second-order valence-electron chi connectivity index (χ2n) is 2.86. The second-order valence-corrected chi connectivity index (χ2v) is 2.86. The number of nitrogens with one attached hydrogen (secondary N) is 2. The highest BCUT2D eigenvalue weighted by molar-refractivity contribution is 5.94. The third-order valence-electron chi connectivity index (χ3n) is 1.81. The number of nitrogens with zero attached hydrogens (tertiary/aromatic N) is 1. The molecule has 0 bridgehead atoms. The van der Waals surface area contributed by atoms with E-state index >= 15 is 0 Å². The van der Waals surface area contributed by atoms with Gasteiger partial charge in [-0.3, -0.25) is 9.89 Å². The van der Waals surface area contributed by atoms with Gasteiger partial charge in [0.25, 0.3) is 5.91 Å². The van der Waals surface area contributed by atoms with E-state index in [9.17, 15) is 4.79 Å². The molecule has 1 amide bonds. The Morgan fingerprint density at radius 2 is 2.50 bits per heavy atom. The number of amides is 1. The van der Waals surface area contributed by atoms with E-state index in [4.69, 9.17) is 4.74 Å². The molecule has 2 N–H and O–H groups in total. The zero-order valence-corrected chi connectivity index (χ0v) is 8.46. The molecule has 0 aliphatic carbocycles. The Balaban J connectivity index is 2.32. The number of hydrogen-bond acceptors (Lipinski definition) is 3. The Labute approximate surface area is 82.8 Å². The summed E-state index contributed by atoms with van der Waals surface area (Å²) in [4.78, 5) is 11.5. The van der Waals surface area contributed by atoms with E-state index in [0.29, 0.717) is 25.3 Å². The van der Waals surface area contributed by atoms with Crippen molar-refractivity contribution in [2.75, 3.05) is 19.8 Å². The first-order chi connectivity index (χ1) is 6.75.